The van der Waals surface area contributed by atoms with Gasteiger partial charge in [-0.15, -0.1) is 0 Å². The molecule has 112 valence electrons. The lowest BCUT2D eigenvalue weighted by Crippen LogP contribution is -2.24. The van der Waals surface area contributed by atoms with Crippen LogP contribution in [0, 0.1) is 5.82 Å². The van der Waals surface area contributed by atoms with Gasteiger partial charge in [0.15, 0.2) is 0 Å². The standard InChI is InChI=1S/C15H22FNO3/c16-13-6-8-14(9-7-13)20-12-4-5-15(19)17-10-2-1-3-11-18/h6-9,18H,1-5,10-12H2,(H,17,19). The first-order chi connectivity index (χ1) is 9.72. The second kappa shape index (κ2) is 10.2. The normalized spacial score (nSPS) is 10.3. The molecule has 0 bridgehead atoms. The third-order valence-corrected chi connectivity index (χ3v) is 2.79. The van der Waals surface area contributed by atoms with Crippen molar-refractivity contribution in [3.05, 3.63) is 30.1 Å². The molecule has 1 rings (SSSR count). The average molecular weight is 283 g/mol. The number of carbonyl (C=O) groups is 1. The van der Waals surface area contributed by atoms with E-state index >= 15 is 0 Å². The minimum Gasteiger partial charge on any atom is -0.494 e. The molecule has 0 atom stereocenters. The van der Waals surface area contributed by atoms with Crippen molar-refractivity contribution in [3.8, 4) is 5.75 Å². The minimum atomic E-state index is -0.294. The zero-order chi connectivity index (χ0) is 14.6. The summed E-state index contributed by atoms with van der Waals surface area (Å²) in [5.41, 5.74) is 0. The molecular weight excluding hydrogens is 261 g/mol. The number of aliphatic hydroxyl groups is 1. The minimum absolute atomic E-state index is 0.0108. The van der Waals surface area contributed by atoms with Crippen molar-refractivity contribution in [1.29, 1.82) is 0 Å². The largest absolute Gasteiger partial charge is 0.494 e. The first kappa shape index (κ1) is 16.4. The van der Waals surface area contributed by atoms with E-state index in [1.165, 1.54) is 12.1 Å². The molecule has 0 aliphatic rings. The van der Waals surface area contributed by atoms with Gasteiger partial charge < -0.3 is 15.2 Å². The summed E-state index contributed by atoms with van der Waals surface area (Å²) >= 11 is 0. The van der Waals surface area contributed by atoms with Crippen molar-refractivity contribution in [2.75, 3.05) is 19.8 Å². The molecule has 1 amide bonds. The summed E-state index contributed by atoms with van der Waals surface area (Å²) in [5, 5.41) is 11.4. The van der Waals surface area contributed by atoms with Crippen molar-refractivity contribution in [2.24, 2.45) is 0 Å². The Morgan fingerprint density at radius 2 is 1.90 bits per heavy atom. The molecule has 0 unspecified atom stereocenters. The summed E-state index contributed by atoms with van der Waals surface area (Å²) in [7, 11) is 0. The zero-order valence-electron chi connectivity index (χ0n) is 11.6. The fourth-order valence-corrected chi connectivity index (χ4v) is 1.68. The van der Waals surface area contributed by atoms with E-state index in [4.69, 9.17) is 9.84 Å². The Morgan fingerprint density at radius 3 is 2.60 bits per heavy atom. The van der Waals surface area contributed by atoms with Crippen LogP contribution in [0.4, 0.5) is 4.39 Å². The summed E-state index contributed by atoms with van der Waals surface area (Å²) in [6.45, 7) is 1.29. The fourth-order valence-electron chi connectivity index (χ4n) is 1.68. The summed E-state index contributed by atoms with van der Waals surface area (Å²) in [6, 6.07) is 5.82. The highest BCUT2D eigenvalue weighted by molar-refractivity contribution is 5.75. The number of carbonyl (C=O) groups excluding carboxylic acids is 1. The second-order valence-corrected chi connectivity index (χ2v) is 4.54. The molecule has 0 radical (unpaired) electrons. The third-order valence-electron chi connectivity index (χ3n) is 2.79. The van der Waals surface area contributed by atoms with Gasteiger partial charge in [-0.1, -0.05) is 0 Å². The van der Waals surface area contributed by atoms with Crippen molar-refractivity contribution in [3.63, 3.8) is 0 Å². The smallest absolute Gasteiger partial charge is 0.220 e. The number of rotatable bonds is 10. The predicted octanol–water partition coefficient (Wildman–Crippen LogP) is 2.26. The molecule has 0 spiro atoms. The van der Waals surface area contributed by atoms with Crippen LogP contribution in [0.3, 0.4) is 0 Å². The van der Waals surface area contributed by atoms with E-state index in [1.807, 2.05) is 0 Å². The molecule has 0 saturated carbocycles. The summed E-state index contributed by atoms with van der Waals surface area (Å²) in [6.07, 6.45) is 3.63. The highest BCUT2D eigenvalue weighted by Gasteiger charge is 2.01. The average Bonchev–Trinajstić information content (AvgIpc) is 2.45. The lowest BCUT2D eigenvalue weighted by molar-refractivity contribution is -0.121. The number of halogens is 1. The number of aliphatic hydroxyl groups excluding tert-OH is 1. The SMILES string of the molecule is O=C(CCCOc1ccc(F)cc1)NCCCCCO. The number of nitrogens with one attached hydrogen (secondary N) is 1. The molecule has 0 aliphatic carbocycles. The van der Waals surface area contributed by atoms with E-state index in [-0.39, 0.29) is 18.3 Å². The highest BCUT2D eigenvalue weighted by Crippen LogP contribution is 2.11. The van der Waals surface area contributed by atoms with Crippen LogP contribution in [0.2, 0.25) is 0 Å². The maximum absolute atomic E-state index is 12.7. The van der Waals surface area contributed by atoms with E-state index in [0.29, 0.717) is 31.7 Å². The van der Waals surface area contributed by atoms with Crippen molar-refractivity contribution < 1.29 is 19.0 Å². The Bertz CT molecular complexity index is 381. The van der Waals surface area contributed by atoms with Crippen LogP contribution < -0.4 is 10.1 Å². The molecule has 4 nitrogen and oxygen atoms in total. The Hall–Kier alpha value is -1.62. The van der Waals surface area contributed by atoms with Gasteiger partial charge in [0.05, 0.1) is 6.61 Å². The number of hydrogen-bond acceptors (Lipinski definition) is 3. The molecule has 0 saturated heterocycles. The Balaban J connectivity index is 2.00. The van der Waals surface area contributed by atoms with Gasteiger partial charge in [-0.3, -0.25) is 4.79 Å². The Morgan fingerprint density at radius 1 is 1.15 bits per heavy atom. The van der Waals surface area contributed by atoms with Gasteiger partial charge in [0.2, 0.25) is 5.91 Å². The van der Waals surface area contributed by atoms with Crippen LogP contribution in [-0.2, 0) is 4.79 Å². The first-order valence-electron chi connectivity index (χ1n) is 6.98. The second-order valence-electron chi connectivity index (χ2n) is 4.54. The molecule has 1 aromatic rings. The molecule has 5 heteroatoms. The molecule has 0 heterocycles. The van der Waals surface area contributed by atoms with Crippen LogP contribution >= 0.6 is 0 Å². The monoisotopic (exact) mass is 283 g/mol. The topological polar surface area (TPSA) is 58.6 Å². The van der Waals surface area contributed by atoms with E-state index in [9.17, 15) is 9.18 Å². The van der Waals surface area contributed by atoms with Crippen molar-refractivity contribution >= 4 is 5.91 Å². The van der Waals surface area contributed by atoms with Crippen molar-refractivity contribution in [2.45, 2.75) is 32.1 Å². The van der Waals surface area contributed by atoms with Gasteiger partial charge in [0.1, 0.15) is 11.6 Å². The van der Waals surface area contributed by atoms with Crippen LogP contribution in [0.25, 0.3) is 0 Å². The number of amides is 1. The van der Waals surface area contributed by atoms with Gasteiger partial charge in [0, 0.05) is 19.6 Å². The zero-order valence-corrected chi connectivity index (χ0v) is 11.6. The molecule has 20 heavy (non-hydrogen) atoms. The predicted molar refractivity (Wildman–Crippen MR) is 75.1 cm³/mol. The van der Waals surface area contributed by atoms with Gasteiger partial charge in [-0.2, -0.15) is 0 Å². The van der Waals surface area contributed by atoms with E-state index < -0.39 is 0 Å². The van der Waals surface area contributed by atoms with Gasteiger partial charge >= 0.3 is 0 Å². The van der Waals surface area contributed by atoms with Gasteiger partial charge in [-0.25, -0.2) is 4.39 Å². The number of hydrogen-bond donors (Lipinski definition) is 2. The summed E-state index contributed by atoms with van der Waals surface area (Å²) in [4.78, 5) is 11.5. The lowest BCUT2D eigenvalue weighted by atomic mass is 10.2. The maximum Gasteiger partial charge on any atom is 0.220 e. The molecule has 2 N–H and O–H groups in total. The maximum atomic E-state index is 12.7. The van der Waals surface area contributed by atoms with E-state index in [0.717, 1.165) is 19.3 Å². The molecule has 0 aliphatic heterocycles. The number of unbranched alkanes of at least 4 members (excludes halogenated alkanes) is 2. The fraction of sp³-hybridized carbons (Fsp3) is 0.533. The Kier molecular flexibility index (Phi) is 8.38. The van der Waals surface area contributed by atoms with Gasteiger partial charge in [-0.05, 0) is 49.9 Å². The lowest BCUT2D eigenvalue weighted by Gasteiger charge is -2.07. The third kappa shape index (κ3) is 7.74. The highest BCUT2D eigenvalue weighted by atomic mass is 19.1. The van der Waals surface area contributed by atoms with Crippen molar-refractivity contribution in [1.82, 2.24) is 5.32 Å². The quantitative estimate of drug-likeness (QED) is 0.648. The number of ether oxygens (including phenoxy) is 1. The molecule has 0 aromatic heterocycles. The van der Waals surface area contributed by atoms with E-state index in [2.05, 4.69) is 5.32 Å². The first-order valence-corrected chi connectivity index (χ1v) is 6.98. The molecular formula is C15H22FNO3. The molecule has 0 fully saturated rings. The van der Waals surface area contributed by atoms with Crippen LogP contribution in [0.1, 0.15) is 32.1 Å². The van der Waals surface area contributed by atoms with E-state index in [1.54, 1.807) is 12.1 Å². The van der Waals surface area contributed by atoms with Crippen LogP contribution in [0.15, 0.2) is 24.3 Å². The van der Waals surface area contributed by atoms with Gasteiger partial charge in [0.25, 0.3) is 0 Å². The summed E-state index contributed by atoms with van der Waals surface area (Å²) in [5.74, 6) is 0.324. The molecule has 1 aromatic carbocycles. The van der Waals surface area contributed by atoms with Crippen LogP contribution in [0.5, 0.6) is 5.75 Å². The summed E-state index contributed by atoms with van der Waals surface area (Å²) < 4.78 is 18.0. The number of benzene rings is 1. The Labute approximate surface area is 119 Å². The van der Waals surface area contributed by atoms with Crippen LogP contribution in [-0.4, -0.2) is 30.8 Å².